The van der Waals surface area contributed by atoms with Gasteiger partial charge in [0.1, 0.15) is 13.2 Å². The summed E-state index contributed by atoms with van der Waals surface area (Å²) in [5.41, 5.74) is 0. The molecule has 65 heavy (non-hydrogen) atoms. The molecule has 0 aliphatic carbocycles. The molecule has 0 aliphatic heterocycles. The molecule has 0 bridgehead atoms. The monoisotopic (exact) mass is 909 g/mol. The van der Waals surface area contributed by atoms with Gasteiger partial charge in [-0.3, -0.25) is 14.4 Å². The standard InChI is InChI=1S/C59H104O6/c1-4-7-10-13-16-19-22-25-28-29-32-34-37-40-43-46-49-52-58(61)64-55-56(65-59(62)53-50-47-44-41-38-35-31-27-24-21-18-15-12-9-6-3)54-63-57(60)51-48-45-42-39-36-33-30-26-23-20-17-14-11-8-5-2/h17-18,20-21,26-27,30-31,36,39,56H,4-16,19,22-25,28-29,32-35,37-38,40-55H2,1-3H3/b20-17-,21-18-,30-26-,31-27-,39-36-/t56-/m1/s1. The Labute approximate surface area is 402 Å². The zero-order valence-electron chi connectivity index (χ0n) is 43.0. The zero-order valence-corrected chi connectivity index (χ0v) is 43.0. The van der Waals surface area contributed by atoms with Crippen LogP contribution in [0.15, 0.2) is 60.8 Å². The van der Waals surface area contributed by atoms with E-state index in [0.29, 0.717) is 19.3 Å². The van der Waals surface area contributed by atoms with E-state index < -0.39 is 6.10 Å². The van der Waals surface area contributed by atoms with Gasteiger partial charge < -0.3 is 14.2 Å². The molecule has 0 amide bonds. The van der Waals surface area contributed by atoms with Crippen molar-refractivity contribution in [3.05, 3.63) is 60.8 Å². The van der Waals surface area contributed by atoms with Crippen molar-refractivity contribution in [2.45, 2.75) is 284 Å². The summed E-state index contributed by atoms with van der Waals surface area (Å²) in [5.74, 6) is -0.934. The van der Waals surface area contributed by atoms with Crippen LogP contribution in [0.3, 0.4) is 0 Å². The van der Waals surface area contributed by atoms with Gasteiger partial charge in [0.2, 0.25) is 0 Å². The first-order valence-corrected chi connectivity index (χ1v) is 27.8. The van der Waals surface area contributed by atoms with E-state index >= 15 is 0 Å². The largest absolute Gasteiger partial charge is 0.462 e. The van der Waals surface area contributed by atoms with Crippen molar-refractivity contribution in [1.82, 2.24) is 0 Å². The summed E-state index contributed by atoms with van der Waals surface area (Å²) in [5, 5.41) is 0. The van der Waals surface area contributed by atoms with Crippen LogP contribution in [0.2, 0.25) is 0 Å². The van der Waals surface area contributed by atoms with Gasteiger partial charge in [0.15, 0.2) is 6.10 Å². The van der Waals surface area contributed by atoms with E-state index in [-0.39, 0.29) is 31.1 Å². The lowest BCUT2D eigenvalue weighted by Crippen LogP contribution is -2.30. The molecular formula is C59H104O6. The fraction of sp³-hybridized carbons (Fsp3) is 0.780. The summed E-state index contributed by atoms with van der Waals surface area (Å²) in [4.78, 5) is 38.1. The predicted molar refractivity (Wildman–Crippen MR) is 279 cm³/mol. The van der Waals surface area contributed by atoms with E-state index in [1.165, 1.54) is 141 Å². The molecule has 0 aromatic rings. The summed E-state index contributed by atoms with van der Waals surface area (Å²) in [6.45, 7) is 6.56. The number of esters is 3. The first-order chi connectivity index (χ1) is 32.0. The average molecular weight is 909 g/mol. The Kier molecular flexibility index (Phi) is 51.3. The predicted octanol–water partition coefficient (Wildman–Crippen LogP) is 18.4. The highest BCUT2D eigenvalue weighted by atomic mass is 16.6. The molecule has 0 heterocycles. The van der Waals surface area contributed by atoms with Gasteiger partial charge in [-0.1, -0.05) is 229 Å². The van der Waals surface area contributed by atoms with Crippen molar-refractivity contribution in [1.29, 1.82) is 0 Å². The van der Waals surface area contributed by atoms with Crippen LogP contribution in [0.25, 0.3) is 0 Å². The normalized spacial score (nSPS) is 12.5. The molecule has 0 aromatic heterocycles. The highest BCUT2D eigenvalue weighted by molar-refractivity contribution is 5.71. The molecule has 1 atom stereocenters. The Hall–Kier alpha value is -2.89. The van der Waals surface area contributed by atoms with Crippen molar-refractivity contribution in [2.24, 2.45) is 0 Å². The number of carbonyl (C=O) groups excluding carboxylic acids is 3. The van der Waals surface area contributed by atoms with E-state index in [2.05, 4.69) is 81.5 Å². The Bertz CT molecular complexity index is 1180. The van der Waals surface area contributed by atoms with Crippen molar-refractivity contribution in [3.8, 4) is 0 Å². The lowest BCUT2D eigenvalue weighted by molar-refractivity contribution is -0.167. The van der Waals surface area contributed by atoms with Crippen molar-refractivity contribution in [2.75, 3.05) is 13.2 Å². The number of allylic oxidation sites excluding steroid dienone is 10. The molecule has 0 rings (SSSR count). The molecule has 0 spiro atoms. The van der Waals surface area contributed by atoms with E-state index in [1.54, 1.807) is 0 Å². The van der Waals surface area contributed by atoms with Crippen LogP contribution in [0.4, 0.5) is 0 Å². The summed E-state index contributed by atoms with van der Waals surface area (Å²) in [7, 11) is 0. The van der Waals surface area contributed by atoms with Crippen molar-refractivity contribution >= 4 is 17.9 Å². The first-order valence-electron chi connectivity index (χ1n) is 27.8. The molecule has 0 unspecified atom stereocenters. The molecule has 0 radical (unpaired) electrons. The maximum Gasteiger partial charge on any atom is 0.306 e. The van der Waals surface area contributed by atoms with Crippen LogP contribution >= 0.6 is 0 Å². The molecule has 0 N–H and O–H groups in total. The number of hydrogen-bond donors (Lipinski definition) is 0. The third-order valence-corrected chi connectivity index (χ3v) is 12.0. The van der Waals surface area contributed by atoms with E-state index in [9.17, 15) is 14.4 Å². The summed E-state index contributed by atoms with van der Waals surface area (Å²) >= 11 is 0. The Balaban J connectivity index is 4.43. The topological polar surface area (TPSA) is 78.9 Å². The third-order valence-electron chi connectivity index (χ3n) is 12.0. The molecule has 0 aromatic carbocycles. The highest BCUT2D eigenvalue weighted by Crippen LogP contribution is 2.16. The number of hydrogen-bond acceptors (Lipinski definition) is 6. The van der Waals surface area contributed by atoms with Crippen LogP contribution in [0, 0.1) is 0 Å². The molecule has 376 valence electrons. The molecule has 6 heteroatoms. The maximum absolute atomic E-state index is 12.8. The molecule has 0 saturated carbocycles. The molecule has 0 fully saturated rings. The smallest absolute Gasteiger partial charge is 0.306 e. The minimum atomic E-state index is -0.795. The fourth-order valence-electron chi connectivity index (χ4n) is 7.77. The summed E-state index contributed by atoms with van der Waals surface area (Å²) in [6.07, 6.45) is 66.3. The van der Waals surface area contributed by atoms with Gasteiger partial charge in [-0.05, 0) is 89.9 Å². The molecule has 6 nitrogen and oxygen atoms in total. The van der Waals surface area contributed by atoms with Gasteiger partial charge in [0, 0.05) is 19.3 Å². The highest BCUT2D eigenvalue weighted by Gasteiger charge is 2.19. The summed E-state index contributed by atoms with van der Waals surface area (Å²) in [6, 6.07) is 0. The van der Waals surface area contributed by atoms with Crippen LogP contribution in [0.1, 0.15) is 278 Å². The van der Waals surface area contributed by atoms with Crippen LogP contribution in [-0.2, 0) is 28.6 Å². The molecular weight excluding hydrogens is 805 g/mol. The van der Waals surface area contributed by atoms with Gasteiger partial charge in [0.05, 0.1) is 0 Å². The van der Waals surface area contributed by atoms with E-state index in [1.807, 2.05) is 0 Å². The summed E-state index contributed by atoms with van der Waals surface area (Å²) < 4.78 is 16.8. The van der Waals surface area contributed by atoms with Crippen molar-refractivity contribution < 1.29 is 28.6 Å². The Morgan fingerprint density at radius 2 is 0.554 bits per heavy atom. The fourth-order valence-corrected chi connectivity index (χ4v) is 7.77. The number of rotatable bonds is 50. The van der Waals surface area contributed by atoms with Gasteiger partial charge >= 0.3 is 17.9 Å². The Morgan fingerprint density at radius 1 is 0.308 bits per heavy atom. The van der Waals surface area contributed by atoms with Crippen LogP contribution in [-0.4, -0.2) is 37.2 Å². The van der Waals surface area contributed by atoms with Crippen LogP contribution in [0.5, 0.6) is 0 Å². The number of ether oxygens (including phenoxy) is 3. The second kappa shape index (κ2) is 53.7. The number of carbonyl (C=O) groups is 3. The number of unbranched alkanes of at least 4 members (excludes halogenated alkanes) is 29. The SMILES string of the molecule is CCCCC/C=C\C/C=C\C/C=C\CCCCC(=O)OC[C@H](COC(=O)CCCCCCCCCCCCCCCCCCC)OC(=O)CCCCCCC/C=C\C/C=C\CCCCC. The lowest BCUT2D eigenvalue weighted by Gasteiger charge is -2.18. The lowest BCUT2D eigenvalue weighted by atomic mass is 10.0. The van der Waals surface area contributed by atoms with E-state index in [0.717, 1.165) is 96.3 Å². The van der Waals surface area contributed by atoms with Gasteiger partial charge in [-0.25, -0.2) is 0 Å². The van der Waals surface area contributed by atoms with E-state index in [4.69, 9.17) is 14.2 Å². The van der Waals surface area contributed by atoms with Crippen molar-refractivity contribution in [3.63, 3.8) is 0 Å². The van der Waals surface area contributed by atoms with Gasteiger partial charge in [-0.15, -0.1) is 0 Å². The first kappa shape index (κ1) is 62.1. The zero-order chi connectivity index (χ0) is 47.2. The second-order valence-electron chi connectivity index (χ2n) is 18.5. The third kappa shape index (κ3) is 51.9. The minimum Gasteiger partial charge on any atom is -0.462 e. The average Bonchev–Trinajstić information content (AvgIpc) is 3.30. The maximum atomic E-state index is 12.8. The quantitative estimate of drug-likeness (QED) is 0.0262. The van der Waals surface area contributed by atoms with Crippen LogP contribution < -0.4 is 0 Å². The second-order valence-corrected chi connectivity index (χ2v) is 18.5. The molecule has 0 aliphatic rings. The van der Waals surface area contributed by atoms with Gasteiger partial charge in [0.25, 0.3) is 0 Å². The van der Waals surface area contributed by atoms with Gasteiger partial charge in [-0.2, -0.15) is 0 Å². The minimum absolute atomic E-state index is 0.0898. The molecule has 0 saturated heterocycles. The Morgan fingerprint density at radius 3 is 0.923 bits per heavy atom.